The number of anilines is 2. The molecule has 1 aliphatic carbocycles. The molecule has 0 saturated carbocycles. The van der Waals surface area contributed by atoms with Gasteiger partial charge in [-0.05, 0) is 126 Å². The van der Waals surface area contributed by atoms with Gasteiger partial charge < -0.3 is 10.7 Å². The van der Waals surface area contributed by atoms with Crippen LogP contribution < -0.4 is 5.32 Å². The lowest BCUT2D eigenvalue weighted by molar-refractivity contribution is 0.659. The largest absolute Gasteiger partial charge is 0.355 e. The first-order valence-electron chi connectivity index (χ1n) is 23.2. The highest BCUT2D eigenvalue weighted by Gasteiger charge is 2.38. The molecule has 0 spiro atoms. The van der Waals surface area contributed by atoms with Gasteiger partial charge in [0.05, 0.1) is 11.4 Å². The Morgan fingerprint density at radius 1 is 0.397 bits per heavy atom. The van der Waals surface area contributed by atoms with Crippen molar-refractivity contribution in [2.45, 2.75) is 19.3 Å². The van der Waals surface area contributed by atoms with Crippen molar-refractivity contribution in [2.75, 3.05) is 5.32 Å². The van der Waals surface area contributed by atoms with E-state index >= 15 is 0 Å². The Labute approximate surface area is 396 Å². The van der Waals surface area contributed by atoms with E-state index in [0.717, 1.165) is 89.5 Å². The molecule has 10 aromatic carbocycles. The standard InChI is InChI=1S/C64H46N4/c1-64(2)58-31-29-49(38-56(58)55-30-32-59(57(40-65)62(55)64)66-54-36-52(41-13-5-3-6-14-41)35-53(37-54)42-15-7-4-8-16-42)45-21-25-46(26-22-45)63-67-60(50-27-23-43-17-9-11-19-47(43)33-50)39-61(68-63)51-28-24-44-18-10-12-20-48(44)34-51/h3-40,65-66H,1-2H3. The summed E-state index contributed by atoms with van der Waals surface area (Å²) in [4.78, 5) is 10.4. The fraction of sp³-hybridized carbons (Fsp3) is 0.0469. The van der Waals surface area contributed by atoms with Crippen molar-refractivity contribution in [3.05, 3.63) is 241 Å². The van der Waals surface area contributed by atoms with Gasteiger partial charge in [0, 0.05) is 45.3 Å². The van der Waals surface area contributed by atoms with Crippen LogP contribution in [0.2, 0.25) is 0 Å². The number of fused-ring (bicyclic) bond motifs is 5. The quantitative estimate of drug-likeness (QED) is 0.142. The molecule has 2 N–H and O–H groups in total. The fourth-order valence-corrected chi connectivity index (χ4v) is 10.2. The SMILES string of the molecule is CC1(C)c2ccc(-c3ccc(-c4nc(-c5ccc6ccccc6c5)cc(-c5ccc6ccccc6c5)n4)cc3)cc2-c2ccc(Nc3cc(-c4ccccc4)cc(-c4ccccc4)c3)c(C=N)c21. The summed E-state index contributed by atoms with van der Waals surface area (Å²) in [5.41, 5.74) is 18.9. The summed E-state index contributed by atoms with van der Waals surface area (Å²) >= 11 is 0. The van der Waals surface area contributed by atoms with Crippen molar-refractivity contribution in [1.29, 1.82) is 5.41 Å². The molecule has 0 aliphatic heterocycles. The predicted molar refractivity (Wildman–Crippen MR) is 285 cm³/mol. The first-order chi connectivity index (χ1) is 33.4. The maximum absolute atomic E-state index is 8.84. The Bertz CT molecular complexity index is 3590. The maximum atomic E-state index is 8.84. The second kappa shape index (κ2) is 16.6. The zero-order valence-electron chi connectivity index (χ0n) is 37.8. The second-order valence-corrected chi connectivity index (χ2v) is 18.3. The zero-order chi connectivity index (χ0) is 45.8. The smallest absolute Gasteiger partial charge is 0.160 e. The molecule has 0 saturated heterocycles. The molecule has 0 unspecified atom stereocenters. The van der Waals surface area contributed by atoms with Gasteiger partial charge in [-0.2, -0.15) is 0 Å². The lowest BCUT2D eigenvalue weighted by Crippen LogP contribution is -2.18. The summed E-state index contributed by atoms with van der Waals surface area (Å²) in [7, 11) is 0. The van der Waals surface area contributed by atoms with Crippen LogP contribution in [0.1, 0.15) is 30.5 Å². The molecule has 0 atom stereocenters. The molecule has 0 fully saturated rings. The molecule has 4 nitrogen and oxygen atoms in total. The molecule has 11 aromatic rings. The number of rotatable bonds is 9. The van der Waals surface area contributed by atoms with Gasteiger partial charge in [0.15, 0.2) is 5.82 Å². The van der Waals surface area contributed by atoms with Crippen LogP contribution in [0.4, 0.5) is 11.4 Å². The molecule has 0 bridgehead atoms. The van der Waals surface area contributed by atoms with E-state index in [0.29, 0.717) is 5.82 Å². The van der Waals surface area contributed by atoms with Gasteiger partial charge in [-0.1, -0.05) is 190 Å². The lowest BCUT2D eigenvalue weighted by atomic mass is 9.79. The van der Waals surface area contributed by atoms with Crippen molar-refractivity contribution in [3.8, 4) is 78.4 Å². The molecule has 0 radical (unpaired) electrons. The molecule has 12 rings (SSSR count). The minimum Gasteiger partial charge on any atom is -0.355 e. The summed E-state index contributed by atoms with van der Waals surface area (Å²) in [6, 6.07) is 79.7. The van der Waals surface area contributed by atoms with E-state index in [-0.39, 0.29) is 5.41 Å². The third-order valence-electron chi connectivity index (χ3n) is 13.7. The van der Waals surface area contributed by atoms with Crippen LogP contribution in [0.25, 0.3) is 100.0 Å². The van der Waals surface area contributed by atoms with Gasteiger partial charge in [-0.15, -0.1) is 0 Å². The Morgan fingerprint density at radius 3 is 1.47 bits per heavy atom. The van der Waals surface area contributed by atoms with E-state index in [1.165, 1.54) is 38.9 Å². The average molecular weight is 871 g/mol. The van der Waals surface area contributed by atoms with E-state index < -0.39 is 0 Å². The van der Waals surface area contributed by atoms with Gasteiger partial charge >= 0.3 is 0 Å². The molecule has 322 valence electrons. The fourth-order valence-electron chi connectivity index (χ4n) is 10.2. The summed E-state index contributed by atoms with van der Waals surface area (Å²) in [5, 5.41) is 17.4. The van der Waals surface area contributed by atoms with Crippen LogP contribution in [0, 0.1) is 5.41 Å². The van der Waals surface area contributed by atoms with Crippen LogP contribution >= 0.6 is 0 Å². The third kappa shape index (κ3) is 7.33. The van der Waals surface area contributed by atoms with Gasteiger partial charge in [-0.3, -0.25) is 0 Å². The van der Waals surface area contributed by atoms with Crippen LogP contribution in [0.5, 0.6) is 0 Å². The monoisotopic (exact) mass is 870 g/mol. The van der Waals surface area contributed by atoms with Gasteiger partial charge in [-0.25, -0.2) is 9.97 Å². The first-order valence-corrected chi connectivity index (χ1v) is 23.2. The summed E-state index contributed by atoms with van der Waals surface area (Å²) in [6.45, 7) is 4.56. The summed E-state index contributed by atoms with van der Waals surface area (Å²) < 4.78 is 0. The van der Waals surface area contributed by atoms with E-state index in [1.807, 2.05) is 0 Å². The van der Waals surface area contributed by atoms with Crippen molar-refractivity contribution < 1.29 is 0 Å². The lowest BCUT2D eigenvalue weighted by Gasteiger charge is -2.25. The Balaban J connectivity index is 0.891. The predicted octanol–water partition coefficient (Wildman–Crippen LogP) is 16.8. The van der Waals surface area contributed by atoms with Crippen molar-refractivity contribution >= 4 is 39.1 Å². The van der Waals surface area contributed by atoms with E-state index in [1.54, 1.807) is 0 Å². The third-order valence-corrected chi connectivity index (χ3v) is 13.7. The molecular formula is C64H46N4. The van der Waals surface area contributed by atoms with Crippen LogP contribution in [-0.4, -0.2) is 16.2 Å². The molecule has 0 amide bonds. The minimum atomic E-state index is -0.325. The number of hydrogen-bond donors (Lipinski definition) is 2. The minimum absolute atomic E-state index is 0.325. The van der Waals surface area contributed by atoms with Gasteiger partial charge in [0.1, 0.15) is 0 Å². The maximum Gasteiger partial charge on any atom is 0.160 e. The highest BCUT2D eigenvalue weighted by molar-refractivity contribution is 5.98. The van der Waals surface area contributed by atoms with E-state index in [2.05, 4.69) is 244 Å². The summed E-state index contributed by atoms with van der Waals surface area (Å²) in [5.74, 6) is 0.682. The highest BCUT2D eigenvalue weighted by Crippen LogP contribution is 2.52. The van der Waals surface area contributed by atoms with Gasteiger partial charge in [0.25, 0.3) is 0 Å². The van der Waals surface area contributed by atoms with Crippen LogP contribution in [0.15, 0.2) is 224 Å². The highest BCUT2D eigenvalue weighted by atomic mass is 14.9. The van der Waals surface area contributed by atoms with Crippen LogP contribution in [0.3, 0.4) is 0 Å². The zero-order valence-corrected chi connectivity index (χ0v) is 37.8. The normalized spacial score (nSPS) is 12.4. The molecule has 1 aliphatic rings. The Morgan fingerprint density at radius 2 is 0.897 bits per heavy atom. The van der Waals surface area contributed by atoms with Gasteiger partial charge in [0.2, 0.25) is 0 Å². The Hall–Kier alpha value is -8.73. The van der Waals surface area contributed by atoms with E-state index in [4.69, 9.17) is 15.4 Å². The number of hydrogen-bond acceptors (Lipinski definition) is 4. The second-order valence-electron chi connectivity index (χ2n) is 18.3. The summed E-state index contributed by atoms with van der Waals surface area (Å²) in [6.07, 6.45) is 1.52. The average Bonchev–Trinajstić information content (AvgIpc) is 3.63. The molecule has 4 heteroatoms. The topological polar surface area (TPSA) is 61.7 Å². The number of nitrogens with one attached hydrogen (secondary N) is 2. The van der Waals surface area contributed by atoms with Crippen LogP contribution in [-0.2, 0) is 5.41 Å². The van der Waals surface area contributed by atoms with Crippen molar-refractivity contribution in [1.82, 2.24) is 9.97 Å². The van der Waals surface area contributed by atoms with Crippen molar-refractivity contribution in [3.63, 3.8) is 0 Å². The first kappa shape index (κ1) is 40.8. The number of nitrogens with zero attached hydrogens (tertiary/aromatic N) is 2. The number of benzene rings is 10. The molecule has 68 heavy (non-hydrogen) atoms. The van der Waals surface area contributed by atoms with Crippen molar-refractivity contribution in [2.24, 2.45) is 0 Å². The molecule has 1 aromatic heterocycles. The number of aromatic nitrogens is 2. The molecule has 1 heterocycles. The van der Waals surface area contributed by atoms with E-state index in [9.17, 15) is 0 Å². The Kier molecular flexibility index (Phi) is 9.95. The molecular weight excluding hydrogens is 825 g/mol.